The van der Waals surface area contributed by atoms with E-state index in [0.29, 0.717) is 0 Å². The Kier molecular flexibility index (Phi) is 2.34. The lowest BCUT2D eigenvalue weighted by Gasteiger charge is -2.10. The molecule has 1 N–H and O–H groups in total. The summed E-state index contributed by atoms with van der Waals surface area (Å²) >= 11 is 0. The van der Waals surface area contributed by atoms with Gasteiger partial charge in [-0.1, -0.05) is 6.07 Å². The fourth-order valence-electron chi connectivity index (χ4n) is 1.39. The van der Waals surface area contributed by atoms with Crippen molar-refractivity contribution in [2.24, 2.45) is 0 Å². The van der Waals surface area contributed by atoms with Gasteiger partial charge in [-0.2, -0.15) is 0 Å². The van der Waals surface area contributed by atoms with Crippen LogP contribution in [-0.2, 0) is 0 Å². The summed E-state index contributed by atoms with van der Waals surface area (Å²) < 4.78 is 40.0. The number of H-pyrrole nitrogens is 1. The van der Waals surface area contributed by atoms with Crippen molar-refractivity contribution in [2.45, 2.75) is 6.36 Å². The first-order valence-corrected chi connectivity index (χ1v) is 4.33. The molecule has 1 heterocycles. The van der Waals surface area contributed by atoms with E-state index in [0.717, 1.165) is 6.07 Å². The largest absolute Gasteiger partial charge is 0.573 e. The van der Waals surface area contributed by atoms with Gasteiger partial charge in [-0.05, 0) is 12.1 Å². The van der Waals surface area contributed by atoms with Gasteiger partial charge >= 0.3 is 6.36 Å². The molecule has 3 nitrogen and oxygen atoms in total. The Morgan fingerprint density at radius 2 is 1.94 bits per heavy atom. The second-order valence-electron chi connectivity index (χ2n) is 3.07. The molecule has 1 aromatic carbocycles. The topological polar surface area (TPSA) is 42.1 Å². The summed E-state index contributed by atoms with van der Waals surface area (Å²) in [6.45, 7) is 0. The predicted octanol–water partition coefficient (Wildman–Crippen LogP) is 2.43. The third-order valence-corrected chi connectivity index (χ3v) is 1.98. The fraction of sp³-hybridized carbons (Fsp3) is 0.100. The summed E-state index contributed by atoms with van der Waals surface area (Å²) in [5, 5.41) is 0.157. The van der Waals surface area contributed by atoms with Crippen LogP contribution in [0.15, 0.2) is 35.3 Å². The summed E-state index contributed by atoms with van der Waals surface area (Å²) in [5.41, 5.74) is -0.325. The van der Waals surface area contributed by atoms with Crippen molar-refractivity contribution >= 4 is 10.9 Å². The molecule has 0 radical (unpaired) electrons. The first-order valence-electron chi connectivity index (χ1n) is 4.33. The number of rotatable bonds is 1. The Bertz CT molecular complexity index is 574. The Morgan fingerprint density at radius 1 is 1.19 bits per heavy atom. The van der Waals surface area contributed by atoms with Gasteiger partial charge in [-0.15, -0.1) is 13.2 Å². The molecule has 0 aliphatic heterocycles. The molecule has 0 aliphatic rings. The summed E-state index contributed by atoms with van der Waals surface area (Å²) in [6, 6.07) is 5.14. The minimum absolute atomic E-state index is 0.0346. The maximum absolute atomic E-state index is 12.1. The number of hydrogen-bond donors (Lipinski definition) is 1. The van der Waals surface area contributed by atoms with Crippen LogP contribution in [0.5, 0.6) is 5.75 Å². The zero-order valence-electron chi connectivity index (χ0n) is 7.84. The zero-order valence-corrected chi connectivity index (χ0v) is 7.84. The standard InChI is InChI=1S/C10H6F3NO2/c11-10(12,13)16-8-3-1-2-6-7(15)4-5-14-9(6)8/h1-5H,(H,14,15). The first-order chi connectivity index (χ1) is 7.47. The highest BCUT2D eigenvalue weighted by Crippen LogP contribution is 2.27. The molecular formula is C10H6F3NO2. The highest BCUT2D eigenvalue weighted by Gasteiger charge is 2.31. The molecule has 0 saturated carbocycles. The van der Waals surface area contributed by atoms with Crippen LogP contribution in [0.25, 0.3) is 10.9 Å². The molecule has 0 saturated heterocycles. The number of ether oxygens (including phenoxy) is 1. The van der Waals surface area contributed by atoms with Crippen LogP contribution in [0.2, 0.25) is 0 Å². The molecule has 0 amide bonds. The van der Waals surface area contributed by atoms with Crippen molar-refractivity contribution in [3.05, 3.63) is 40.7 Å². The molecular weight excluding hydrogens is 223 g/mol. The van der Waals surface area contributed by atoms with E-state index < -0.39 is 12.1 Å². The summed E-state index contributed by atoms with van der Waals surface area (Å²) in [6.07, 6.45) is -3.51. The third kappa shape index (κ3) is 2.00. The molecule has 6 heteroatoms. The van der Waals surface area contributed by atoms with Gasteiger partial charge in [0.05, 0.1) is 5.52 Å². The van der Waals surface area contributed by atoms with Gasteiger partial charge in [0.15, 0.2) is 11.2 Å². The molecule has 0 spiro atoms. The van der Waals surface area contributed by atoms with Crippen molar-refractivity contribution in [3.8, 4) is 5.75 Å². The third-order valence-electron chi connectivity index (χ3n) is 1.98. The van der Waals surface area contributed by atoms with Crippen LogP contribution < -0.4 is 10.2 Å². The lowest BCUT2D eigenvalue weighted by molar-refractivity contribution is -0.274. The van der Waals surface area contributed by atoms with E-state index in [1.54, 1.807) is 0 Å². The van der Waals surface area contributed by atoms with Crippen molar-refractivity contribution in [2.75, 3.05) is 0 Å². The number of aromatic nitrogens is 1. The van der Waals surface area contributed by atoms with Crippen molar-refractivity contribution in [1.29, 1.82) is 0 Å². The average molecular weight is 229 g/mol. The zero-order chi connectivity index (χ0) is 11.8. The number of benzene rings is 1. The molecule has 0 unspecified atom stereocenters. The normalized spacial score (nSPS) is 11.7. The van der Waals surface area contributed by atoms with Crippen LogP contribution in [-0.4, -0.2) is 11.3 Å². The van der Waals surface area contributed by atoms with Crippen LogP contribution >= 0.6 is 0 Å². The highest BCUT2D eigenvalue weighted by atomic mass is 19.4. The van der Waals surface area contributed by atoms with Crippen LogP contribution in [0, 0.1) is 0 Å². The Hall–Kier alpha value is -1.98. The summed E-state index contributed by atoms with van der Waals surface area (Å²) in [5.74, 6) is -0.414. The van der Waals surface area contributed by atoms with E-state index in [-0.39, 0.29) is 16.3 Å². The minimum Gasteiger partial charge on any atom is -0.404 e. The number of nitrogens with one attached hydrogen (secondary N) is 1. The Morgan fingerprint density at radius 3 is 2.62 bits per heavy atom. The van der Waals surface area contributed by atoms with Crippen molar-refractivity contribution < 1.29 is 17.9 Å². The number of fused-ring (bicyclic) bond motifs is 1. The van der Waals surface area contributed by atoms with E-state index >= 15 is 0 Å². The number of para-hydroxylation sites is 1. The SMILES string of the molecule is O=c1cc[nH]c2c(OC(F)(F)F)cccc12. The second kappa shape index (κ2) is 3.55. The minimum atomic E-state index is -4.78. The summed E-state index contributed by atoms with van der Waals surface area (Å²) in [7, 11) is 0. The Balaban J connectivity index is 2.63. The highest BCUT2D eigenvalue weighted by molar-refractivity contribution is 5.83. The van der Waals surface area contributed by atoms with Gasteiger partial charge < -0.3 is 9.72 Å². The average Bonchev–Trinajstić information content (AvgIpc) is 2.17. The molecule has 2 aromatic rings. The lowest BCUT2D eigenvalue weighted by Crippen LogP contribution is -2.17. The molecule has 0 aliphatic carbocycles. The molecule has 16 heavy (non-hydrogen) atoms. The molecule has 0 fully saturated rings. The van der Waals surface area contributed by atoms with E-state index in [1.165, 1.54) is 24.4 Å². The molecule has 84 valence electrons. The number of halogens is 3. The van der Waals surface area contributed by atoms with Gasteiger partial charge in [0.25, 0.3) is 0 Å². The number of aromatic amines is 1. The molecule has 1 aromatic heterocycles. The van der Waals surface area contributed by atoms with Crippen molar-refractivity contribution in [3.63, 3.8) is 0 Å². The molecule has 2 rings (SSSR count). The first kappa shape index (κ1) is 10.5. The van der Waals surface area contributed by atoms with E-state index in [1.807, 2.05) is 0 Å². The van der Waals surface area contributed by atoms with Crippen molar-refractivity contribution in [1.82, 2.24) is 4.98 Å². The van der Waals surface area contributed by atoms with E-state index in [9.17, 15) is 18.0 Å². The quantitative estimate of drug-likeness (QED) is 0.815. The van der Waals surface area contributed by atoms with Gasteiger partial charge in [0.1, 0.15) is 0 Å². The number of pyridine rings is 1. The maximum atomic E-state index is 12.1. The van der Waals surface area contributed by atoms with Gasteiger partial charge in [0, 0.05) is 17.6 Å². The number of hydrogen-bond acceptors (Lipinski definition) is 2. The lowest BCUT2D eigenvalue weighted by atomic mass is 10.2. The van der Waals surface area contributed by atoms with Crippen LogP contribution in [0.1, 0.15) is 0 Å². The second-order valence-corrected chi connectivity index (χ2v) is 3.07. The maximum Gasteiger partial charge on any atom is 0.573 e. The van der Waals surface area contributed by atoms with E-state index in [4.69, 9.17) is 0 Å². The molecule has 0 bridgehead atoms. The molecule has 0 atom stereocenters. The van der Waals surface area contributed by atoms with Gasteiger partial charge in [0.2, 0.25) is 0 Å². The smallest absolute Gasteiger partial charge is 0.404 e. The monoisotopic (exact) mass is 229 g/mol. The number of alkyl halides is 3. The van der Waals surface area contributed by atoms with Gasteiger partial charge in [-0.3, -0.25) is 4.79 Å². The van der Waals surface area contributed by atoms with Crippen LogP contribution in [0.4, 0.5) is 13.2 Å². The predicted molar refractivity (Wildman–Crippen MR) is 51.3 cm³/mol. The Labute approximate surface area is 87.5 Å². The van der Waals surface area contributed by atoms with Gasteiger partial charge in [-0.25, -0.2) is 0 Å². The van der Waals surface area contributed by atoms with E-state index in [2.05, 4.69) is 9.72 Å². The van der Waals surface area contributed by atoms with Crippen LogP contribution in [0.3, 0.4) is 0 Å². The summed E-state index contributed by atoms with van der Waals surface area (Å²) in [4.78, 5) is 13.9. The fourth-order valence-corrected chi connectivity index (χ4v) is 1.39.